The molecule has 0 bridgehead atoms. The Kier molecular flexibility index (Phi) is 7.17. The van der Waals surface area contributed by atoms with Gasteiger partial charge in [0.1, 0.15) is 16.6 Å². The minimum absolute atomic E-state index is 0.143. The van der Waals surface area contributed by atoms with Crippen LogP contribution in [0.2, 0.25) is 0 Å². The lowest BCUT2D eigenvalue weighted by atomic mass is 9.99. The van der Waals surface area contributed by atoms with E-state index in [4.69, 9.17) is 9.72 Å². The van der Waals surface area contributed by atoms with Gasteiger partial charge in [-0.1, -0.05) is 19.1 Å². The number of nitrogens with zero attached hydrogens (tertiary/aromatic N) is 3. The first kappa shape index (κ1) is 22.4. The lowest BCUT2D eigenvalue weighted by Gasteiger charge is -2.35. The smallest absolute Gasteiger partial charge is 0.225 e. The molecule has 1 aliphatic heterocycles. The highest BCUT2D eigenvalue weighted by Gasteiger charge is 2.25. The molecule has 5 nitrogen and oxygen atoms in total. The van der Waals surface area contributed by atoms with Crippen LogP contribution in [0, 0.1) is 11.7 Å². The Labute approximate surface area is 192 Å². The zero-order valence-corrected chi connectivity index (χ0v) is 19.3. The second-order valence-electron chi connectivity index (χ2n) is 8.21. The van der Waals surface area contributed by atoms with E-state index < -0.39 is 0 Å². The molecule has 168 valence electrons. The Morgan fingerprint density at radius 3 is 2.59 bits per heavy atom. The fraction of sp³-hybridized carbons (Fsp3) is 0.360. The summed E-state index contributed by atoms with van der Waals surface area (Å²) in [6.45, 7) is 5.79. The van der Waals surface area contributed by atoms with Gasteiger partial charge in [-0.15, -0.1) is 11.3 Å². The van der Waals surface area contributed by atoms with E-state index in [-0.39, 0.29) is 17.6 Å². The van der Waals surface area contributed by atoms with Crippen LogP contribution in [0.1, 0.15) is 18.2 Å². The fourth-order valence-electron chi connectivity index (χ4n) is 4.02. The van der Waals surface area contributed by atoms with Gasteiger partial charge in [0.25, 0.3) is 0 Å². The SMILES string of the molecule is COc1ccc(-c2nc(CN3CCN(C(=O)C(C)Cc4cccc(F)c4)CC3)cs2)cc1. The second kappa shape index (κ2) is 10.2. The molecule has 2 aromatic carbocycles. The van der Waals surface area contributed by atoms with Crippen molar-refractivity contribution in [3.8, 4) is 16.3 Å². The third-order valence-electron chi connectivity index (χ3n) is 5.81. The number of carbonyl (C=O) groups is 1. The third-order valence-corrected chi connectivity index (χ3v) is 6.75. The van der Waals surface area contributed by atoms with Gasteiger partial charge in [-0.25, -0.2) is 9.37 Å². The van der Waals surface area contributed by atoms with E-state index in [2.05, 4.69) is 10.3 Å². The first-order valence-electron chi connectivity index (χ1n) is 10.9. The molecule has 1 unspecified atom stereocenters. The number of amides is 1. The quantitative estimate of drug-likeness (QED) is 0.529. The van der Waals surface area contributed by atoms with Crippen molar-refractivity contribution in [3.63, 3.8) is 0 Å². The molecule has 0 aliphatic carbocycles. The van der Waals surface area contributed by atoms with E-state index in [0.29, 0.717) is 19.5 Å². The van der Waals surface area contributed by atoms with Gasteiger partial charge in [-0.3, -0.25) is 9.69 Å². The van der Waals surface area contributed by atoms with Gasteiger partial charge in [0, 0.05) is 49.6 Å². The molecule has 1 fully saturated rings. The number of carbonyl (C=O) groups excluding carboxylic acids is 1. The van der Waals surface area contributed by atoms with Crippen molar-refractivity contribution < 1.29 is 13.9 Å². The molecule has 1 amide bonds. The van der Waals surface area contributed by atoms with Crippen LogP contribution in [0.4, 0.5) is 4.39 Å². The van der Waals surface area contributed by atoms with Crippen LogP contribution >= 0.6 is 11.3 Å². The molecule has 1 aliphatic rings. The van der Waals surface area contributed by atoms with Gasteiger partial charge in [0.2, 0.25) is 5.91 Å². The van der Waals surface area contributed by atoms with Crippen molar-refractivity contribution >= 4 is 17.2 Å². The number of ether oxygens (including phenoxy) is 1. The summed E-state index contributed by atoms with van der Waals surface area (Å²) >= 11 is 1.65. The Morgan fingerprint density at radius 1 is 1.16 bits per heavy atom. The molecule has 3 aromatic rings. The highest BCUT2D eigenvalue weighted by molar-refractivity contribution is 7.13. The Balaban J connectivity index is 1.27. The average Bonchev–Trinajstić information content (AvgIpc) is 3.27. The molecule has 0 spiro atoms. The fourth-order valence-corrected chi connectivity index (χ4v) is 4.83. The second-order valence-corrected chi connectivity index (χ2v) is 9.07. The number of methoxy groups -OCH3 is 1. The van der Waals surface area contributed by atoms with E-state index >= 15 is 0 Å². The number of rotatable bonds is 7. The predicted octanol–water partition coefficient (Wildman–Crippen LogP) is 4.48. The summed E-state index contributed by atoms with van der Waals surface area (Å²) in [5, 5.41) is 3.11. The lowest BCUT2D eigenvalue weighted by molar-refractivity contribution is -0.136. The minimum atomic E-state index is -0.257. The van der Waals surface area contributed by atoms with Gasteiger partial charge in [0.15, 0.2) is 0 Å². The summed E-state index contributed by atoms with van der Waals surface area (Å²) in [5.74, 6) is 0.564. The summed E-state index contributed by atoms with van der Waals surface area (Å²) in [7, 11) is 1.66. The van der Waals surface area contributed by atoms with Gasteiger partial charge in [-0.05, 0) is 48.4 Å². The average molecular weight is 454 g/mol. The Morgan fingerprint density at radius 2 is 1.91 bits per heavy atom. The number of piperazine rings is 1. The van der Waals surface area contributed by atoms with Crippen LogP contribution < -0.4 is 4.74 Å². The number of aromatic nitrogens is 1. The topological polar surface area (TPSA) is 45.7 Å². The van der Waals surface area contributed by atoms with Crippen molar-refractivity contribution in [3.05, 3.63) is 71.0 Å². The van der Waals surface area contributed by atoms with Gasteiger partial charge in [-0.2, -0.15) is 0 Å². The standard InChI is InChI=1S/C25H28FN3O2S/c1-18(14-19-4-3-5-21(26)15-19)25(30)29-12-10-28(11-13-29)16-22-17-32-24(27-22)20-6-8-23(31-2)9-7-20/h3-9,15,17-18H,10-14,16H2,1-2H3. The summed E-state index contributed by atoms with van der Waals surface area (Å²) < 4.78 is 18.6. The lowest BCUT2D eigenvalue weighted by Crippen LogP contribution is -2.49. The van der Waals surface area contributed by atoms with Crippen LogP contribution in [-0.2, 0) is 17.8 Å². The minimum Gasteiger partial charge on any atom is -0.497 e. The van der Waals surface area contributed by atoms with Gasteiger partial charge >= 0.3 is 0 Å². The molecule has 1 atom stereocenters. The third kappa shape index (κ3) is 5.53. The van der Waals surface area contributed by atoms with Crippen LogP contribution in [-0.4, -0.2) is 54.0 Å². The molecule has 2 heterocycles. The van der Waals surface area contributed by atoms with Crippen molar-refractivity contribution in [1.29, 1.82) is 0 Å². The molecular weight excluding hydrogens is 425 g/mol. The largest absolute Gasteiger partial charge is 0.497 e. The van der Waals surface area contributed by atoms with Crippen LogP contribution in [0.25, 0.3) is 10.6 Å². The van der Waals surface area contributed by atoms with E-state index in [1.807, 2.05) is 42.2 Å². The van der Waals surface area contributed by atoms with E-state index in [1.165, 1.54) is 12.1 Å². The molecule has 7 heteroatoms. The van der Waals surface area contributed by atoms with E-state index in [9.17, 15) is 9.18 Å². The van der Waals surface area contributed by atoms with Crippen LogP contribution in [0.3, 0.4) is 0 Å². The molecular formula is C25H28FN3O2S. The number of thiazole rings is 1. The van der Waals surface area contributed by atoms with Crippen LogP contribution in [0.15, 0.2) is 53.9 Å². The Bertz CT molecular complexity index is 1050. The first-order chi connectivity index (χ1) is 15.5. The maximum absolute atomic E-state index is 13.4. The summed E-state index contributed by atoms with van der Waals surface area (Å²) in [4.78, 5) is 21.9. The van der Waals surface area contributed by atoms with Crippen molar-refractivity contribution in [2.75, 3.05) is 33.3 Å². The monoisotopic (exact) mass is 453 g/mol. The summed E-state index contributed by atoms with van der Waals surface area (Å²) in [6, 6.07) is 14.4. The molecule has 1 aromatic heterocycles. The molecule has 0 radical (unpaired) electrons. The number of hydrogen-bond donors (Lipinski definition) is 0. The van der Waals surface area contributed by atoms with Crippen LogP contribution in [0.5, 0.6) is 5.75 Å². The zero-order chi connectivity index (χ0) is 22.5. The first-order valence-corrected chi connectivity index (χ1v) is 11.7. The molecule has 0 N–H and O–H groups in total. The highest BCUT2D eigenvalue weighted by Crippen LogP contribution is 2.26. The molecule has 4 rings (SSSR count). The summed E-state index contributed by atoms with van der Waals surface area (Å²) in [5.41, 5.74) is 3.01. The molecule has 32 heavy (non-hydrogen) atoms. The number of halogens is 1. The zero-order valence-electron chi connectivity index (χ0n) is 18.5. The number of hydrogen-bond acceptors (Lipinski definition) is 5. The summed E-state index contributed by atoms with van der Waals surface area (Å²) in [6.07, 6.45) is 0.559. The van der Waals surface area contributed by atoms with E-state index in [0.717, 1.165) is 47.2 Å². The maximum Gasteiger partial charge on any atom is 0.225 e. The highest BCUT2D eigenvalue weighted by atomic mass is 32.1. The predicted molar refractivity (Wildman–Crippen MR) is 125 cm³/mol. The number of benzene rings is 2. The molecule has 1 saturated heterocycles. The normalized spacial score (nSPS) is 15.5. The maximum atomic E-state index is 13.4. The van der Waals surface area contributed by atoms with Gasteiger partial charge in [0.05, 0.1) is 12.8 Å². The van der Waals surface area contributed by atoms with Crippen molar-refractivity contribution in [1.82, 2.24) is 14.8 Å². The van der Waals surface area contributed by atoms with Crippen molar-refractivity contribution in [2.24, 2.45) is 5.92 Å². The molecule has 0 saturated carbocycles. The van der Waals surface area contributed by atoms with Gasteiger partial charge < -0.3 is 9.64 Å². The van der Waals surface area contributed by atoms with Crippen molar-refractivity contribution in [2.45, 2.75) is 19.9 Å². The Hall–Kier alpha value is -2.77. The van der Waals surface area contributed by atoms with E-state index in [1.54, 1.807) is 24.5 Å².